The fourth-order valence-corrected chi connectivity index (χ4v) is 2.65. The van der Waals surface area contributed by atoms with E-state index >= 15 is 0 Å². The van der Waals surface area contributed by atoms with E-state index in [9.17, 15) is 4.79 Å². The summed E-state index contributed by atoms with van der Waals surface area (Å²) in [5, 5.41) is 9.36. The maximum atomic E-state index is 12.2. The number of rotatable bonds is 1. The van der Waals surface area contributed by atoms with Gasteiger partial charge >= 0.3 is 0 Å². The molecule has 0 amide bonds. The van der Waals surface area contributed by atoms with Gasteiger partial charge in [-0.15, -0.1) is 0 Å². The second kappa shape index (κ2) is 4.09. The molecule has 0 bridgehead atoms. The molecule has 0 N–H and O–H groups in total. The zero-order chi connectivity index (χ0) is 12.5. The summed E-state index contributed by atoms with van der Waals surface area (Å²) in [6.45, 7) is 0. The van der Waals surface area contributed by atoms with Gasteiger partial charge < -0.3 is 0 Å². The lowest BCUT2D eigenvalue weighted by Crippen LogP contribution is -2.10. The lowest BCUT2D eigenvalue weighted by atomic mass is 10.2. The number of benzene rings is 1. The third kappa shape index (κ3) is 1.60. The first-order valence-electron chi connectivity index (χ1n) is 5.27. The van der Waals surface area contributed by atoms with E-state index in [1.807, 2.05) is 0 Å². The van der Waals surface area contributed by atoms with Crippen LogP contribution in [0.1, 0.15) is 5.56 Å². The summed E-state index contributed by atoms with van der Waals surface area (Å²) < 4.78 is 1.58. The summed E-state index contributed by atoms with van der Waals surface area (Å²) in [4.78, 5) is 17.0. The van der Waals surface area contributed by atoms with Gasteiger partial charge in [-0.25, -0.2) is 8.94 Å². The van der Waals surface area contributed by atoms with Crippen LogP contribution in [0.4, 0.5) is 0 Å². The molecule has 5 heteroatoms. The maximum Gasteiger partial charge on any atom is 0.274 e. The van der Waals surface area contributed by atoms with Gasteiger partial charge in [-0.05, 0) is 47.9 Å². The van der Waals surface area contributed by atoms with Crippen molar-refractivity contribution in [2.45, 2.75) is 0 Å². The van der Waals surface area contributed by atoms with Crippen LogP contribution in [0, 0.1) is 11.3 Å². The molecule has 0 aliphatic heterocycles. The van der Waals surface area contributed by atoms with Gasteiger partial charge in [0.2, 0.25) is 0 Å². The van der Waals surface area contributed by atoms with Gasteiger partial charge in [-0.1, -0.05) is 0 Å². The third-order valence-corrected chi connectivity index (χ3v) is 3.65. The van der Waals surface area contributed by atoms with E-state index < -0.39 is 0 Å². The Labute approximate surface area is 107 Å². The van der Waals surface area contributed by atoms with Crippen LogP contribution in [0.15, 0.2) is 47.4 Å². The minimum Gasteiger partial charge on any atom is -0.267 e. The highest BCUT2D eigenvalue weighted by atomic mass is 32.1. The van der Waals surface area contributed by atoms with Gasteiger partial charge in [0, 0.05) is 6.20 Å². The Bertz CT molecular complexity index is 809. The number of nitriles is 1. The van der Waals surface area contributed by atoms with E-state index in [0.29, 0.717) is 15.8 Å². The minimum absolute atomic E-state index is 0.0761. The van der Waals surface area contributed by atoms with Gasteiger partial charge in [-0.2, -0.15) is 5.26 Å². The fraction of sp³-hybridized carbons (Fsp3) is 0. The second-order valence-electron chi connectivity index (χ2n) is 3.71. The van der Waals surface area contributed by atoms with Crippen molar-refractivity contribution in [2.75, 3.05) is 0 Å². The van der Waals surface area contributed by atoms with Gasteiger partial charge in [0.05, 0.1) is 22.7 Å². The fourth-order valence-electron chi connectivity index (χ4n) is 1.70. The Balaban J connectivity index is 2.22. The molecular weight excluding hydrogens is 246 g/mol. The predicted octanol–water partition coefficient (Wildman–Crippen LogP) is 2.32. The molecule has 18 heavy (non-hydrogen) atoms. The van der Waals surface area contributed by atoms with Crippen LogP contribution in [-0.2, 0) is 0 Å². The van der Waals surface area contributed by atoms with Crippen molar-refractivity contribution < 1.29 is 0 Å². The molecule has 0 radical (unpaired) electrons. The molecule has 0 saturated heterocycles. The average molecular weight is 253 g/mol. The maximum absolute atomic E-state index is 12.2. The molecule has 0 aliphatic carbocycles. The monoisotopic (exact) mass is 253 g/mol. The first kappa shape index (κ1) is 10.7. The largest absolute Gasteiger partial charge is 0.274 e. The molecular formula is C13H7N3OS. The van der Waals surface area contributed by atoms with Crippen LogP contribution >= 0.6 is 11.5 Å². The summed E-state index contributed by atoms with van der Waals surface area (Å²) in [6, 6.07) is 12.5. The van der Waals surface area contributed by atoms with Crippen molar-refractivity contribution in [2.24, 2.45) is 0 Å². The van der Waals surface area contributed by atoms with Crippen LogP contribution in [0.25, 0.3) is 15.9 Å². The highest BCUT2D eigenvalue weighted by Crippen LogP contribution is 2.17. The summed E-state index contributed by atoms with van der Waals surface area (Å²) in [5.41, 5.74) is 1.25. The second-order valence-corrected chi connectivity index (χ2v) is 4.64. The van der Waals surface area contributed by atoms with E-state index in [1.54, 1.807) is 46.6 Å². The van der Waals surface area contributed by atoms with E-state index in [2.05, 4.69) is 11.1 Å². The molecule has 3 rings (SSSR count). The zero-order valence-corrected chi connectivity index (χ0v) is 10.0. The number of pyridine rings is 1. The predicted molar refractivity (Wildman–Crippen MR) is 69.9 cm³/mol. The quantitative estimate of drug-likeness (QED) is 0.668. The SMILES string of the molecule is N#Cc1ccc(-n2sc3ncccc3c2=O)cc1. The van der Waals surface area contributed by atoms with Crippen LogP contribution in [-0.4, -0.2) is 8.94 Å². The van der Waals surface area contributed by atoms with Crippen LogP contribution in [0.5, 0.6) is 0 Å². The molecule has 0 fully saturated rings. The molecule has 1 aromatic carbocycles. The standard InChI is InChI=1S/C13H7N3OS/c14-8-9-3-5-10(6-4-9)16-13(17)11-2-1-7-15-12(11)18-16/h1-7H. The molecule has 2 heterocycles. The average Bonchev–Trinajstić information content (AvgIpc) is 2.77. The van der Waals surface area contributed by atoms with Crippen molar-refractivity contribution in [1.29, 1.82) is 5.26 Å². The Morgan fingerprint density at radius 1 is 1.22 bits per heavy atom. The molecule has 4 nitrogen and oxygen atoms in total. The lowest BCUT2D eigenvalue weighted by Gasteiger charge is -1.98. The summed E-state index contributed by atoms with van der Waals surface area (Å²) in [6.07, 6.45) is 1.67. The highest BCUT2D eigenvalue weighted by Gasteiger charge is 2.09. The highest BCUT2D eigenvalue weighted by molar-refractivity contribution is 7.13. The van der Waals surface area contributed by atoms with Crippen molar-refractivity contribution >= 4 is 21.7 Å². The molecule has 0 saturated carbocycles. The third-order valence-electron chi connectivity index (χ3n) is 2.59. The molecule has 0 spiro atoms. The van der Waals surface area contributed by atoms with Crippen molar-refractivity contribution in [3.63, 3.8) is 0 Å². The van der Waals surface area contributed by atoms with Gasteiger partial charge in [0.25, 0.3) is 5.56 Å². The number of nitrogens with zero attached hydrogens (tertiary/aromatic N) is 3. The van der Waals surface area contributed by atoms with Gasteiger partial charge in [-0.3, -0.25) is 4.79 Å². The zero-order valence-electron chi connectivity index (χ0n) is 9.20. The summed E-state index contributed by atoms with van der Waals surface area (Å²) in [7, 11) is 0. The molecule has 86 valence electrons. The normalized spacial score (nSPS) is 10.4. The molecule has 0 aliphatic rings. The lowest BCUT2D eigenvalue weighted by molar-refractivity contribution is 1.14. The Kier molecular flexibility index (Phi) is 2.43. The van der Waals surface area contributed by atoms with E-state index in [1.165, 1.54) is 11.5 Å². The van der Waals surface area contributed by atoms with Crippen molar-refractivity contribution in [3.8, 4) is 11.8 Å². The number of aromatic nitrogens is 2. The van der Waals surface area contributed by atoms with E-state index in [-0.39, 0.29) is 5.56 Å². The van der Waals surface area contributed by atoms with E-state index in [4.69, 9.17) is 5.26 Å². The number of fused-ring (bicyclic) bond motifs is 1. The minimum atomic E-state index is -0.0761. The van der Waals surface area contributed by atoms with E-state index in [0.717, 1.165) is 5.69 Å². The number of hydrogen-bond acceptors (Lipinski definition) is 4. The molecule has 0 atom stereocenters. The van der Waals surface area contributed by atoms with Gasteiger partial charge in [0.1, 0.15) is 4.83 Å². The van der Waals surface area contributed by atoms with Crippen LogP contribution in [0.2, 0.25) is 0 Å². The molecule has 2 aromatic heterocycles. The summed E-state index contributed by atoms with van der Waals surface area (Å²) in [5.74, 6) is 0. The Morgan fingerprint density at radius 2 is 2.00 bits per heavy atom. The van der Waals surface area contributed by atoms with Gasteiger partial charge in [0.15, 0.2) is 0 Å². The number of hydrogen-bond donors (Lipinski definition) is 0. The summed E-state index contributed by atoms with van der Waals surface area (Å²) >= 11 is 1.30. The smallest absolute Gasteiger partial charge is 0.267 e. The van der Waals surface area contributed by atoms with Crippen molar-refractivity contribution in [3.05, 3.63) is 58.5 Å². The van der Waals surface area contributed by atoms with Crippen molar-refractivity contribution in [1.82, 2.24) is 8.94 Å². The Morgan fingerprint density at radius 3 is 2.67 bits per heavy atom. The molecule has 0 unspecified atom stereocenters. The first-order valence-corrected chi connectivity index (χ1v) is 6.04. The first-order chi connectivity index (χ1) is 8.79. The van der Waals surface area contributed by atoms with Crippen LogP contribution in [0.3, 0.4) is 0 Å². The Hall–Kier alpha value is -2.45. The van der Waals surface area contributed by atoms with Crippen LogP contribution < -0.4 is 5.56 Å². The topological polar surface area (TPSA) is 58.7 Å². The molecule has 3 aromatic rings.